The molecule has 0 fully saturated rings. The maximum atomic E-state index is 8.74. The predicted octanol–water partition coefficient (Wildman–Crippen LogP) is -3.38. The number of hydrogen-bond acceptors (Lipinski definition) is 4. The van der Waals surface area contributed by atoms with Gasteiger partial charge in [0, 0.05) is 0 Å². The van der Waals surface area contributed by atoms with E-state index in [-0.39, 0.29) is 5.48 Å². The molecule has 17 heteroatoms. The van der Waals surface area contributed by atoms with Crippen molar-refractivity contribution < 1.29 is 62.9 Å². The van der Waals surface area contributed by atoms with Crippen molar-refractivity contribution in [1.29, 1.82) is 0 Å². The van der Waals surface area contributed by atoms with E-state index in [1.807, 2.05) is 0 Å². The fourth-order valence-electron chi connectivity index (χ4n) is 0. The Bertz CT molecular complexity index is 153. The Kier molecular flexibility index (Phi) is 45.6. The third-order valence-corrected chi connectivity index (χ3v) is 0. The van der Waals surface area contributed by atoms with Crippen molar-refractivity contribution >= 4 is 33.0 Å². The van der Waals surface area contributed by atoms with Gasteiger partial charge in [-0.25, -0.2) is 0 Å². The van der Waals surface area contributed by atoms with Gasteiger partial charge in [-0.3, -0.25) is 18.3 Å². The highest BCUT2D eigenvalue weighted by atomic mass is 31.1. The fraction of sp³-hybridized carbons (Fsp3) is 0. The summed E-state index contributed by atoms with van der Waals surface area (Å²) in [6.45, 7) is 0. The quantitative estimate of drug-likeness (QED) is 0.200. The molecular weight excluding hydrogens is 332 g/mol. The van der Waals surface area contributed by atoms with Gasteiger partial charge in [-0.15, -0.1) is 0 Å². The standard InChI is InChI=1S/4H3O3P.H2O/c4*1-4(2)3;/h4*4H,(H2,1,2,3);1H2. The van der Waals surface area contributed by atoms with Crippen LogP contribution in [-0.4, -0.2) is 44.6 Å². The van der Waals surface area contributed by atoms with Gasteiger partial charge in [0.25, 0.3) is 0 Å². The van der Waals surface area contributed by atoms with Crippen molar-refractivity contribution in [2.45, 2.75) is 0 Å². The Hall–Kier alpha value is 0.560. The first-order valence-corrected chi connectivity index (χ1v) is 7.82. The first-order valence-electron chi connectivity index (χ1n) is 2.61. The molecule has 13 nitrogen and oxygen atoms in total. The van der Waals surface area contributed by atoms with Crippen molar-refractivity contribution in [2.24, 2.45) is 0 Å². The molecule has 0 aliphatic rings. The molecular formula is H14O13P4. The Morgan fingerprint density at radius 3 is 0.412 bits per heavy atom. The van der Waals surface area contributed by atoms with Crippen LogP contribution in [0.15, 0.2) is 0 Å². The molecule has 112 valence electrons. The molecule has 0 heterocycles. The van der Waals surface area contributed by atoms with Crippen molar-refractivity contribution in [1.82, 2.24) is 0 Å². The Balaban J connectivity index is -0.0000000369. The third kappa shape index (κ3) is 11200. The van der Waals surface area contributed by atoms with Crippen LogP contribution >= 0.6 is 33.0 Å². The van der Waals surface area contributed by atoms with Gasteiger partial charge in [0.05, 0.1) is 0 Å². The molecule has 0 amide bonds. The second-order valence-corrected chi connectivity index (χ2v) is 3.39. The van der Waals surface area contributed by atoms with E-state index < -0.39 is 33.0 Å². The molecule has 0 saturated heterocycles. The van der Waals surface area contributed by atoms with Crippen LogP contribution < -0.4 is 0 Å². The summed E-state index contributed by atoms with van der Waals surface area (Å²) in [5.74, 6) is 0. The van der Waals surface area contributed by atoms with E-state index in [1.54, 1.807) is 0 Å². The molecule has 0 unspecified atom stereocenters. The lowest BCUT2D eigenvalue weighted by Gasteiger charge is -1.61. The van der Waals surface area contributed by atoms with E-state index in [9.17, 15) is 0 Å². The number of hydrogen-bond donors (Lipinski definition) is 8. The molecule has 0 aromatic heterocycles. The smallest absolute Gasteiger partial charge is 0.314 e. The Morgan fingerprint density at radius 2 is 0.412 bits per heavy atom. The molecule has 0 saturated carbocycles. The summed E-state index contributed by atoms with van der Waals surface area (Å²) in [4.78, 5) is 57.3. The highest BCUT2D eigenvalue weighted by Crippen LogP contribution is 1.99. The van der Waals surface area contributed by atoms with E-state index in [0.29, 0.717) is 0 Å². The van der Waals surface area contributed by atoms with Crippen molar-refractivity contribution in [3.8, 4) is 0 Å². The van der Waals surface area contributed by atoms with Gasteiger partial charge in [0.15, 0.2) is 0 Å². The minimum atomic E-state index is -3.13. The van der Waals surface area contributed by atoms with E-state index in [4.69, 9.17) is 57.4 Å². The second-order valence-electron chi connectivity index (χ2n) is 1.13. The first kappa shape index (κ1) is 30.5. The van der Waals surface area contributed by atoms with Gasteiger partial charge < -0.3 is 44.6 Å². The van der Waals surface area contributed by atoms with Crippen LogP contribution in [0.2, 0.25) is 0 Å². The fourth-order valence-corrected chi connectivity index (χ4v) is 0. The first-order chi connectivity index (χ1) is 6.93. The van der Waals surface area contributed by atoms with Gasteiger partial charge in [-0.1, -0.05) is 0 Å². The average Bonchev–Trinajstić information content (AvgIpc) is 1.76. The summed E-state index contributed by atoms with van der Waals surface area (Å²) in [7, 11) is -12.5. The van der Waals surface area contributed by atoms with Crippen LogP contribution in [0.4, 0.5) is 0 Å². The van der Waals surface area contributed by atoms with E-state index in [1.165, 1.54) is 0 Å². The van der Waals surface area contributed by atoms with Gasteiger partial charge in [0.2, 0.25) is 0 Å². The molecule has 0 atom stereocenters. The van der Waals surface area contributed by atoms with Crippen molar-refractivity contribution in [3.63, 3.8) is 0 Å². The van der Waals surface area contributed by atoms with Crippen LogP contribution in [0.3, 0.4) is 0 Å². The lowest BCUT2D eigenvalue weighted by atomic mass is 15.8. The van der Waals surface area contributed by atoms with Crippen molar-refractivity contribution in [3.05, 3.63) is 0 Å². The molecule has 0 aliphatic carbocycles. The molecule has 0 spiro atoms. The summed E-state index contributed by atoms with van der Waals surface area (Å²) in [5, 5.41) is 0. The summed E-state index contributed by atoms with van der Waals surface area (Å²) >= 11 is 0. The van der Waals surface area contributed by atoms with Gasteiger partial charge in [0.1, 0.15) is 0 Å². The zero-order valence-corrected chi connectivity index (χ0v) is 11.7. The summed E-state index contributed by atoms with van der Waals surface area (Å²) in [6.07, 6.45) is 0. The van der Waals surface area contributed by atoms with Crippen LogP contribution in [0.25, 0.3) is 0 Å². The van der Waals surface area contributed by atoms with Crippen LogP contribution in [0.5, 0.6) is 0 Å². The van der Waals surface area contributed by atoms with Crippen LogP contribution in [0.1, 0.15) is 0 Å². The van der Waals surface area contributed by atoms with Crippen LogP contribution in [-0.2, 0) is 18.3 Å². The van der Waals surface area contributed by atoms with E-state index in [2.05, 4.69) is 0 Å². The Morgan fingerprint density at radius 1 is 0.412 bits per heavy atom. The zero-order valence-electron chi connectivity index (χ0n) is 7.71. The largest absolute Gasteiger partial charge is 0.412 e. The minimum Gasteiger partial charge on any atom is -0.412 e. The Labute approximate surface area is 96.7 Å². The molecule has 0 rings (SSSR count). The van der Waals surface area contributed by atoms with E-state index >= 15 is 0 Å². The molecule has 0 aromatic carbocycles. The molecule has 10 N–H and O–H groups in total. The highest BCUT2D eigenvalue weighted by molar-refractivity contribution is 7.31. The minimum absolute atomic E-state index is 0. The topological polar surface area (TPSA) is 262 Å². The average molecular weight is 346 g/mol. The number of rotatable bonds is 0. The summed E-state index contributed by atoms with van der Waals surface area (Å²) in [5.41, 5.74) is 0. The molecule has 0 bridgehead atoms. The third-order valence-electron chi connectivity index (χ3n) is 0. The van der Waals surface area contributed by atoms with Gasteiger partial charge >= 0.3 is 33.0 Å². The van der Waals surface area contributed by atoms with Crippen LogP contribution in [0, 0.1) is 0 Å². The SMILES string of the molecule is O.O=[PH](O)O.O=[PH](O)O.O=[PH](O)O.O=[PH](O)O. The second kappa shape index (κ2) is 25.4. The lowest BCUT2D eigenvalue weighted by Crippen LogP contribution is -1.38. The normalized spacial score (nSPS) is 8.24. The summed E-state index contributed by atoms with van der Waals surface area (Å²) < 4.78 is 35.0. The predicted molar refractivity (Wildman–Crippen MR) is 57.4 cm³/mol. The molecule has 0 radical (unpaired) electrons. The molecule has 0 aliphatic heterocycles. The maximum Gasteiger partial charge on any atom is 0.314 e. The molecule has 17 heavy (non-hydrogen) atoms. The summed E-state index contributed by atoms with van der Waals surface area (Å²) in [6, 6.07) is 0. The van der Waals surface area contributed by atoms with E-state index in [0.717, 1.165) is 0 Å². The van der Waals surface area contributed by atoms with Gasteiger partial charge in [-0.2, -0.15) is 0 Å². The zero-order chi connectivity index (χ0) is 14.3. The monoisotopic (exact) mass is 346 g/mol. The lowest BCUT2D eigenvalue weighted by molar-refractivity contribution is 0.403. The highest BCUT2D eigenvalue weighted by Gasteiger charge is 1.62. The molecule has 0 aromatic rings. The maximum absolute atomic E-state index is 8.74. The van der Waals surface area contributed by atoms with Crippen molar-refractivity contribution in [2.75, 3.05) is 0 Å². The van der Waals surface area contributed by atoms with Gasteiger partial charge in [-0.05, 0) is 0 Å².